The van der Waals surface area contributed by atoms with Gasteiger partial charge in [-0.1, -0.05) is 18.2 Å². The Labute approximate surface area is 137 Å². The summed E-state index contributed by atoms with van der Waals surface area (Å²) in [4.78, 5) is 8.77. The minimum absolute atomic E-state index is 0.221. The molecule has 0 saturated heterocycles. The maximum atomic E-state index is 12.7. The zero-order valence-electron chi connectivity index (χ0n) is 13.4. The van der Waals surface area contributed by atoms with Crippen molar-refractivity contribution in [3.8, 4) is 0 Å². The van der Waals surface area contributed by atoms with Gasteiger partial charge in [0, 0.05) is 23.3 Å². The average molecular weight is 334 g/mol. The molecule has 24 heavy (non-hydrogen) atoms. The van der Waals surface area contributed by atoms with Crippen LogP contribution in [0.15, 0.2) is 36.5 Å². The van der Waals surface area contributed by atoms with Crippen molar-refractivity contribution < 1.29 is 13.2 Å². The second-order valence-electron chi connectivity index (χ2n) is 5.74. The summed E-state index contributed by atoms with van der Waals surface area (Å²) in [6.07, 6.45) is -3.35. The van der Waals surface area contributed by atoms with Crippen LogP contribution in [0.3, 0.4) is 0 Å². The van der Waals surface area contributed by atoms with Gasteiger partial charge in [-0.3, -0.25) is 4.40 Å². The summed E-state index contributed by atoms with van der Waals surface area (Å²) in [7, 11) is 0. The lowest BCUT2D eigenvalue weighted by Crippen LogP contribution is -2.13. The number of aryl methyl sites for hydroxylation is 2. The second kappa shape index (κ2) is 6.14. The topological polar surface area (TPSA) is 42.2 Å². The average Bonchev–Trinajstić information content (AvgIpc) is 2.88. The van der Waals surface area contributed by atoms with Gasteiger partial charge >= 0.3 is 6.18 Å². The number of halogens is 3. The summed E-state index contributed by atoms with van der Waals surface area (Å²) in [5, 5.41) is 3.04. The van der Waals surface area contributed by atoms with Crippen LogP contribution in [-0.4, -0.2) is 20.5 Å². The molecular weight excluding hydrogens is 317 g/mol. The van der Waals surface area contributed by atoms with Crippen molar-refractivity contribution in [3.05, 3.63) is 59.2 Å². The number of benzene rings is 1. The molecule has 0 aliphatic heterocycles. The Morgan fingerprint density at radius 3 is 2.62 bits per heavy atom. The highest BCUT2D eigenvalue weighted by atomic mass is 19.4. The Morgan fingerprint density at radius 2 is 1.88 bits per heavy atom. The lowest BCUT2D eigenvalue weighted by molar-refractivity contribution is -0.127. The second-order valence-corrected chi connectivity index (χ2v) is 5.74. The number of imidazole rings is 1. The van der Waals surface area contributed by atoms with Crippen LogP contribution in [0.4, 0.5) is 18.9 Å². The van der Waals surface area contributed by atoms with Gasteiger partial charge < -0.3 is 5.32 Å². The number of hydrogen-bond acceptors (Lipinski definition) is 3. The van der Waals surface area contributed by atoms with Crippen LogP contribution < -0.4 is 5.32 Å². The largest absolute Gasteiger partial charge is 0.393 e. The van der Waals surface area contributed by atoms with Crippen LogP contribution in [0, 0.1) is 13.8 Å². The third-order valence-corrected chi connectivity index (χ3v) is 3.68. The standard InChI is InChI=1S/C17H17F3N4/c1-11-7-12(2)24-10-14(23-16(24)22-11)9-21-15-6-4-3-5-13(15)8-17(18,19)20/h3-7,10,21H,8-9H2,1-2H3. The minimum atomic E-state index is -4.24. The molecular formula is C17H17F3N4. The molecule has 0 aliphatic carbocycles. The number of aromatic nitrogens is 3. The Kier molecular flexibility index (Phi) is 4.17. The SMILES string of the molecule is Cc1cc(C)n2cc(CNc3ccccc3CC(F)(F)F)nc2n1. The van der Waals surface area contributed by atoms with E-state index in [1.54, 1.807) is 18.2 Å². The van der Waals surface area contributed by atoms with Crippen molar-refractivity contribution in [2.75, 3.05) is 5.32 Å². The highest BCUT2D eigenvalue weighted by molar-refractivity contribution is 5.51. The first-order chi connectivity index (χ1) is 11.3. The molecule has 1 aromatic carbocycles. The highest BCUT2D eigenvalue weighted by Crippen LogP contribution is 2.26. The molecule has 2 heterocycles. The number of fused-ring (bicyclic) bond motifs is 1. The van der Waals surface area contributed by atoms with Gasteiger partial charge in [0.1, 0.15) is 0 Å². The third-order valence-electron chi connectivity index (χ3n) is 3.68. The van der Waals surface area contributed by atoms with Crippen molar-refractivity contribution in [2.45, 2.75) is 33.0 Å². The quantitative estimate of drug-likeness (QED) is 0.782. The van der Waals surface area contributed by atoms with E-state index < -0.39 is 12.6 Å². The van der Waals surface area contributed by atoms with Crippen molar-refractivity contribution in [3.63, 3.8) is 0 Å². The van der Waals surface area contributed by atoms with Gasteiger partial charge in [-0.15, -0.1) is 0 Å². The molecule has 0 amide bonds. The van der Waals surface area contributed by atoms with E-state index in [4.69, 9.17) is 0 Å². The Morgan fingerprint density at radius 1 is 1.12 bits per heavy atom. The Hall–Kier alpha value is -2.57. The third kappa shape index (κ3) is 3.67. The molecule has 1 N–H and O–H groups in total. The number of nitrogens with zero attached hydrogens (tertiary/aromatic N) is 3. The van der Waals surface area contributed by atoms with Gasteiger partial charge in [-0.25, -0.2) is 9.97 Å². The van der Waals surface area contributed by atoms with Crippen molar-refractivity contribution in [1.82, 2.24) is 14.4 Å². The first-order valence-corrected chi connectivity index (χ1v) is 7.52. The van der Waals surface area contributed by atoms with Crippen LogP contribution >= 0.6 is 0 Å². The Bertz CT molecular complexity index is 868. The molecule has 126 valence electrons. The van der Waals surface area contributed by atoms with Crippen molar-refractivity contribution >= 4 is 11.5 Å². The maximum absolute atomic E-state index is 12.7. The molecule has 0 radical (unpaired) electrons. The van der Waals surface area contributed by atoms with Gasteiger partial charge in [0.05, 0.1) is 18.7 Å². The smallest absolute Gasteiger partial charge is 0.379 e. The maximum Gasteiger partial charge on any atom is 0.393 e. The number of rotatable bonds is 4. The van der Waals surface area contributed by atoms with Crippen molar-refractivity contribution in [2.24, 2.45) is 0 Å². The zero-order valence-corrected chi connectivity index (χ0v) is 13.4. The molecule has 3 rings (SSSR count). The number of nitrogens with one attached hydrogen (secondary N) is 1. The van der Waals surface area contributed by atoms with Gasteiger partial charge in [0.15, 0.2) is 0 Å². The predicted octanol–water partition coefficient (Wildman–Crippen LogP) is 4.06. The van der Waals surface area contributed by atoms with Crippen molar-refractivity contribution in [1.29, 1.82) is 0 Å². The molecule has 0 saturated carbocycles. The van der Waals surface area contributed by atoms with Crippen LogP contribution in [0.25, 0.3) is 5.78 Å². The first kappa shape index (κ1) is 16.3. The highest BCUT2D eigenvalue weighted by Gasteiger charge is 2.28. The Balaban J connectivity index is 1.80. The lowest BCUT2D eigenvalue weighted by Gasteiger charge is -2.12. The van der Waals surface area contributed by atoms with E-state index in [0.29, 0.717) is 18.0 Å². The van der Waals surface area contributed by atoms with Crippen LogP contribution in [0.1, 0.15) is 22.6 Å². The van der Waals surface area contributed by atoms with E-state index in [2.05, 4.69) is 15.3 Å². The number of anilines is 1. The van der Waals surface area contributed by atoms with Crippen LogP contribution in [0.5, 0.6) is 0 Å². The van der Waals surface area contributed by atoms with Gasteiger partial charge in [-0.2, -0.15) is 13.2 Å². The zero-order chi connectivity index (χ0) is 17.3. The van der Waals surface area contributed by atoms with Gasteiger partial charge in [0.2, 0.25) is 5.78 Å². The number of para-hydroxylation sites is 1. The summed E-state index contributed by atoms with van der Waals surface area (Å²) in [6, 6.07) is 8.39. The van der Waals surface area contributed by atoms with Crippen LogP contribution in [0.2, 0.25) is 0 Å². The summed E-state index contributed by atoms with van der Waals surface area (Å²) in [5.41, 5.74) is 3.29. The van der Waals surface area contributed by atoms with E-state index in [1.807, 2.05) is 30.5 Å². The summed E-state index contributed by atoms with van der Waals surface area (Å²) < 4.78 is 39.8. The number of hydrogen-bond donors (Lipinski definition) is 1. The van der Waals surface area contributed by atoms with Gasteiger partial charge in [0.25, 0.3) is 0 Å². The summed E-state index contributed by atoms with van der Waals surface area (Å²) in [6.45, 7) is 4.18. The minimum Gasteiger partial charge on any atom is -0.379 e. The molecule has 0 aliphatic rings. The number of alkyl halides is 3. The fraction of sp³-hybridized carbons (Fsp3) is 0.294. The van der Waals surface area contributed by atoms with Gasteiger partial charge in [-0.05, 0) is 31.5 Å². The molecule has 4 nitrogen and oxygen atoms in total. The van der Waals surface area contributed by atoms with E-state index in [1.165, 1.54) is 6.07 Å². The summed E-state index contributed by atoms with van der Waals surface area (Å²) in [5.74, 6) is 0.591. The molecule has 0 spiro atoms. The lowest BCUT2D eigenvalue weighted by atomic mass is 10.1. The van der Waals surface area contributed by atoms with E-state index in [-0.39, 0.29) is 5.56 Å². The van der Waals surface area contributed by atoms with E-state index in [0.717, 1.165) is 17.1 Å². The summed E-state index contributed by atoms with van der Waals surface area (Å²) >= 11 is 0. The monoisotopic (exact) mass is 334 g/mol. The van der Waals surface area contributed by atoms with Crippen LogP contribution in [-0.2, 0) is 13.0 Å². The fourth-order valence-corrected chi connectivity index (χ4v) is 2.65. The molecule has 0 unspecified atom stereocenters. The van der Waals surface area contributed by atoms with E-state index in [9.17, 15) is 13.2 Å². The molecule has 7 heteroatoms. The molecule has 0 fully saturated rings. The fourth-order valence-electron chi connectivity index (χ4n) is 2.65. The van der Waals surface area contributed by atoms with E-state index >= 15 is 0 Å². The molecule has 0 atom stereocenters. The molecule has 2 aromatic heterocycles. The first-order valence-electron chi connectivity index (χ1n) is 7.52. The predicted molar refractivity (Wildman–Crippen MR) is 86.0 cm³/mol. The normalized spacial score (nSPS) is 11.9. The molecule has 3 aromatic rings. The molecule has 0 bridgehead atoms.